The first kappa shape index (κ1) is 24.6. The van der Waals surface area contributed by atoms with Gasteiger partial charge in [-0.25, -0.2) is 0 Å². The molecular formula is C32H30O2S2. The van der Waals surface area contributed by atoms with Crippen LogP contribution in [0.15, 0.2) is 113 Å². The summed E-state index contributed by atoms with van der Waals surface area (Å²) >= 11 is 3.64. The third-order valence-electron chi connectivity index (χ3n) is 6.08. The Morgan fingerprint density at radius 1 is 0.528 bits per heavy atom. The van der Waals surface area contributed by atoms with Crippen LogP contribution in [0.4, 0.5) is 0 Å². The third-order valence-corrected chi connectivity index (χ3v) is 8.03. The first-order valence-corrected chi connectivity index (χ1v) is 14.4. The molecule has 0 aliphatic carbocycles. The first-order valence-electron chi connectivity index (χ1n) is 12.4. The molecule has 0 bridgehead atoms. The average Bonchev–Trinajstić information content (AvgIpc) is 2.94. The molecule has 0 unspecified atom stereocenters. The Balaban J connectivity index is 1.42. The van der Waals surface area contributed by atoms with Gasteiger partial charge in [-0.05, 0) is 42.3 Å². The predicted octanol–water partition coefficient (Wildman–Crippen LogP) is 8.90. The van der Waals surface area contributed by atoms with Crippen molar-refractivity contribution in [3.63, 3.8) is 0 Å². The molecular weight excluding hydrogens is 480 g/mol. The molecule has 0 aliphatic rings. The zero-order chi connectivity index (χ0) is 24.6. The van der Waals surface area contributed by atoms with E-state index in [2.05, 4.69) is 97.9 Å². The van der Waals surface area contributed by atoms with Crippen molar-refractivity contribution in [3.05, 3.63) is 109 Å². The highest BCUT2D eigenvalue weighted by atomic mass is 32.2. The first-order chi connectivity index (χ1) is 17.8. The average molecular weight is 511 g/mol. The van der Waals surface area contributed by atoms with Gasteiger partial charge in [0.2, 0.25) is 0 Å². The second kappa shape index (κ2) is 12.2. The van der Waals surface area contributed by atoms with Gasteiger partial charge in [-0.15, -0.1) is 23.5 Å². The molecule has 0 fully saturated rings. The van der Waals surface area contributed by atoms with Gasteiger partial charge in [-0.3, -0.25) is 0 Å². The second-order valence-corrected chi connectivity index (χ2v) is 10.8. The van der Waals surface area contributed by atoms with Crippen molar-refractivity contribution < 1.29 is 9.47 Å². The predicted molar refractivity (Wildman–Crippen MR) is 156 cm³/mol. The smallest absolute Gasteiger partial charge is 0.135 e. The van der Waals surface area contributed by atoms with Crippen LogP contribution < -0.4 is 9.47 Å². The fourth-order valence-corrected chi connectivity index (χ4v) is 5.82. The van der Waals surface area contributed by atoms with Gasteiger partial charge < -0.3 is 9.47 Å². The molecule has 0 radical (unpaired) electrons. The molecule has 0 aliphatic heterocycles. The summed E-state index contributed by atoms with van der Waals surface area (Å²) in [5.41, 5.74) is 1.30. The summed E-state index contributed by atoms with van der Waals surface area (Å²) in [4.78, 5) is 2.53. The van der Waals surface area contributed by atoms with E-state index in [-0.39, 0.29) is 0 Å². The Bertz CT molecular complexity index is 1420. The zero-order valence-corrected chi connectivity index (χ0v) is 22.1. The van der Waals surface area contributed by atoms with Crippen LogP contribution in [0, 0.1) is 0 Å². The Kier molecular flexibility index (Phi) is 8.37. The molecule has 182 valence electrons. The van der Waals surface area contributed by atoms with Gasteiger partial charge in [0.05, 0.1) is 13.2 Å². The minimum atomic E-state index is 0.641. The van der Waals surface area contributed by atoms with E-state index in [1.165, 1.54) is 15.4 Å². The number of hydrogen-bond acceptors (Lipinski definition) is 4. The van der Waals surface area contributed by atoms with Crippen LogP contribution in [0.3, 0.4) is 0 Å². The highest BCUT2D eigenvalue weighted by Crippen LogP contribution is 2.43. The lowest BCUT2D eigenvalue weighted by atomic mass is 9.98. The highest BCUT2D eigenvalue weighted by Gasteiger charge is 2.16. The summed E-state index contributed by atoms with van der Waals surface area (Å²) in [6, 6.07) is 36.1. The number of benzene rings is 5. The molecule has 0 aromatic heterocycles. The molecule has 4 heteroatoms. The maximum absolute atomic E-state index is 6.51. The van der Waals surface area contributed by atoms with E-state index in [9.17, 15) is 0 Å². The number of ether oxygens (including phenoxy) is 2. The lowest BCUT2D eigenvalue weighted by Gasteiger charge is -2.18. The number of aryl methyl sites for hydroxylation is 1. The second-order valence-electron chi connectivity index (χ2n) is 8.46. The normalized spacial score (nSPS) is 11.1. The molecule has 0 N–H and O–H groups in total. The van der Waals surface area contributed by atoms with Gasteiger partial charge in [0.15, 0.2) is 0 Å². The van der Waals surface area contributed by atoms with E-state index in [0.717, 1.165) is 51.0 Å². The topological polar surface area (TPSA) is 18.5 Å². The van der Waals surface area contributed by atoms with Gasteiger partial charge in [0, 0.05) is 42.8 Å². The summed E-state index contributed by atoms with van der Waals surface area (Å²) < 4.78 is 13.0. The van der Waals surface area contributed by atoms with Crippen LogP contribution in [-0.4, -0.2) is 24.7 Å². The monoisotopic (exact) mass is 510 g/mol. The highest BCUT2D eigenvalue weighted by molar-refractivity contribution is 7.99. The molecule has 0 atom stereocenters. The van der Waals surface area contributed by atoms with E-state index < -0.39 is 0 Å². The van der Waals surface area contributed by atoms with Crippen LogP contribution >= 0.6 is 23.5 Å². The SMILES string of the molecule is CCc1ccc2c(OCCSc3ccccc3)c3ccccc3c(OCCSc3ccccc3)c2c1. The van der Waals surface area contributed by atoms with Crippen LogP contribution in [0.5, 0.6) is 11.5 Å². The summed E-state index contributed by atoms with van der Waals surface area (Å²) in [7, 11) is 0. The Labute approximate surface area is 222 Å². The summed E-state index contributed by atoms with van der Waals surface area (Å²) in [6.45, 7) is 3.47. The standard InChI is InChI=1S/C32H30O2S2/c1-2-24-17-18-29-30(23-24)32(34-20-22-36-26-13-7-4-8-14-26)28-16-10-9-15-27(28)31(29)33-19-21-35-25-11-5-3-6-12-25/h3-18,23H,2,19-22H2,1H3. The minimum Gasteiger partial charge on any atom is -0.491 e. The van der Waals surface area contributed by atoms with Gasteiger partial charge in [0.1, 0.15) is 11.5 Å². The molecule has 36 heavy (non-hydrogen) atoms. The molecule has 0 spiro atoms. The maximum atomic E-state index is 6.51. The van der Waals surface area contributed by atoms with Crippen molar-refractivity contribution in [1.29, 1.82) is 0 Å². The van der Waals surface area contributed by atoms with Gasteiger partial charge in [-0.2, -0.15) is 0 Å². The lowest BCUT2D eigenvalue weighted by Crippen LogP contribution is -2.04. The summed E-state index contributed by atoms with van der Waals surface area (Å²) in [5, 5.41) is 4.45. The molecule has 2 nitrogen and oxygen atoms in total. The molecule has 0 heterocycles. The zero-order valence-electron chi connectivity index (χ0n) is 20.5. The van der Waals surface area contributed by atoms with Crippen molar-refractivity contribution in [3.8, 4) is 11.5 Å². The van der Waals surface area contributed by atoms with E-state index in [1.54, 1.807) is 0 Å². The van der Waals surface area contributed by atoms with Crippen LogP contribution in [0.2, 0.25) is 0 Å². The number of thioether (sulfide) groups is 2. The van der Waals surface area contributed by atoms with Crippen molar-refractivity contribution in [1.82, 2.24) is 0 Å². The Morgan fingerprint density at radius 2 is 1.00 bits per heavy atom. The van der Waals surface area contributed by atoms with Crippen LogP contribution in [0.25, 0.3) is 21.5 Å². The summed E-state index contributed by atoms with van der Waals surface area (Å²) in [5.74, 6) is 3.68. The number of hydrogen-bond donors (Lipinski definition) is 0. The molecule has 0 saturated carbocycles. The van der Waals surface area contributed by atoms with E-state index in [0.29, 0.717) is 13.2 Å². The summed E-state index contributed by atoms with van der Waals surface area (Å²) in [6.07, 6.45) is 0.982. The van der Waals surface area contributed by atoms with Gasteiger partial charge in [-0.1, -0.05) is 79.7 Å². The van der Waals surface area contributed by atoms with Crippen LogP contribution in [0.1, 0.15) is 12.5 Å². The van der Waals surface area contributed by atoms with Crippen molar-refractivity contribution in [2.45, 2.75) is 23.1 Å². The van der Waals surface area contributed by atoms with Crippen molar-refractivity contribution in [2.75, 3.05) is 24.7 Å². The molecule has 5 aromatic rings. The fraction of sp³-hybridized carbons (Fsp3) is 0.188. The molecule has 5 rings (SSSR count). The van der Waals surface area contributed by atoms with E-state index in [1.807, 2.05) is 35.7 Å². The number of fused-ring (bicyclic) bond motifs is 2. The third kappa shape index (κ3) is 5.83. The van der Waals surface area contributed by atoms with Gasteiger partial charge in [0.25, 0.3) is 0 Å². The quantitative estimate of drug-likeness (QED) is 0.100. The van der Waals surface area contributed by atoms with Crippen molar-refractivity contribution in [2.24, 2.45) is 0 Å². The van der Waals surface area contributed by atoms with Crippen molar-refractivity contribution >= 4 is 45.1 Å². The fourth-order valence-electron chi connectivity index (χ4n) is 4.32. The number of rotatable bonds is 11. The Hall–Kier alpha value is -3.08. The maximum Gasteiger partial charge on any atom is 0.135 e. The molecule has 5 aromatic carbocycles. The van der Waals surface area contributed by atoms with E-state index in [4.69, 9.17) is 9.47 Å². The minimum absolute atomic E-state index is 0.641. The van der Waals surface area contributed by atoms with E-state index >= 15 is 0 Å². The molecule has 0 amide bonds. The van der Waals surface area contributed by atoms with Gasteiger partial charge >= 0.3 is 0 Å². The largest absolute Gasteiger partial charge is 0.491 e. The van der Waals surface area contributed by atoms with Crippen LogP contribution in [-0.2, 0) is 6.42 Å². The lowest BCUT2D eigenvalue weighted by molar-refractivity contribution is 0.346. The molecule has 0 saturated heterocycles. The Morgan fingerprint density at radius 3 is 1.53 bits per heavy atom.